The van der Waals surface area contributed by atoms with Gasteiger partial charge in [0.1, 0.15) is 0 Å². The van der Waals surface area contributed by atoms with Gasteiger partial charge in [-0.15, -0.1) is 0 Å². The van der Waals surface area contributed by atoms with Crippen LogP contribution >= 0.6 is 0 Å². The van der Waals surface area contributed by atoms with E-state index in [9.17, 15) is 10.0 Å². The smallest absolute Gasteiger partial charge is 0.423 e. The number of rotatable bonds is 4. The van der Waals surface area contributed by atoms with Crippen LogP contribution in [-0.2, 0) is 0 Å². The zero-order valence-corrected chi connectivity index (χ0v) is 22.0. The van der Waals surface area contributed by atoms with Crippen LogP contribution in [0.5, 0.6) is 0 Å². The average molecular weight is 470 g/mol. The fourth-order valence-electron chi connectivity index (χ4n) is 5.41. The van der Waals surface area contributed by atoms with Gasteiger partial charge < -0.3 is 10.0 Å². The molecule has 0 spiro atoms. The molecule has 4 heteroatoms. The predicted octanol–water partition coefficient (Wildman–Crippen LogP) is 3.13. The molecule has 0 fully saturated rings. The highest BCUT2D eigenvalue weighted by Crippen LogP contribution is 2.13. The molecule has 0 radical (unpaired) electrons. The first-order valence-electron chi connectivity index (χ1n) is 12.4. The SMILES string of the molecule is Cc1cc(C)c(B(c2ccc(C#Cc3ccc(B(O)O)cc3)cc2)c2c(C)cc(C)cc2C)c(C)c1. The maximum Gasteiger partial charge on any atom is 0.488 e. The third kappa shape index (κ3) is 5.49. The molecule has 4 rings (SSSR count). The summed E-state index contributed by atoms with van der Waals surface area (Å²) in [6, 6.07) is 24.7. The number of hydrogen-bond donors (Lipinski definition) is 2. The van der Waals surface area contributed by atoms with Gasteiger partial charge in [-0.1, -0.05) is 110 Å². The first-order valence-corrected chi connectivity index (χ1v) is 12.4. The molecule has 0 atom stereocenters. The highest BCUT2D eigenvalue weighted by atomic mass is 16.4. The van der Waals surface area contributed by atoms with Gasteiger partial charge in [0.2, 0.25) is 6.71 Å². The molecule has 0 saturated carbocycles. The summed E-state index contributed by atoms with van der Waals surface area (Å²) >= 11 is 0. The lowest BCUT2D eigenvalue weighted by Gasteiger charge is -2.24. The molecule has 4 aromatic rings. The van der Waals surface area contributed by atoms with Crippen molar-refractivity contribution in [3.63, 3.8) is 0 Å². The zero-order chi connectivity index (χ0) is 26.0. The summed E-state index contributed by atoms with van der Waals surface area (Å²) in [5.41, 5.74) is 14.1. The molecule has 2 N–H and O–H groups in total. The molecule has 36 heavy (non-hydrogen) atoms. The van der Waals surface area contributed by atoms with Gasteiger partial charge in [-0.3, -0.25) is 0 Å². The minimum absolute atomic E-state index is 0.144. The van der Waals surface area contributed by atoms with Crippen molar-refractivity contribution in [1.29, 1.82) is 0 Å². The Hall–Kier alpha value is -3.51. The molecular formula is C32H32B2O2. The summed E-state index contributed by atoms with van der Waals surface area (Å²) in [7, 11) is -1.46. The normalized spacial score (nSPS) is 10.6. The second-order valence-electron chi connectivity index (χ2n) is 9.93. The van der Waals surface area contributed by atoms with Gasteiger partial charge in [0, 0.05) is 11.1 Å². The lowest BCUT2D eigenvalue weighted by molar-refractivity contribution is 0.426. The van der Waals surface area contributed by atoms with Crippen LogP contribution in [0.15, 0.2) is 72.8 Å². The van der Waals surface area contributed by atoms with Crippen LogP contribution in [0.25, 0.3) is 0 Å². The third-order valence-corrected chi connectivity index (χ3v) is 6.86. The van der Waals surface area contributed by atoms with Crippen LogP contribution in [-0.4, -0.2) is 23.9 Å². The topological polar surface area (TPSA) is 40.5 Å². The summed E-state index contributed by atoms with van der Waals surface area (Å²) in [6.07, 6.45) is 0. The van der Waals surface area contributed by atoms with Gasteiger partial charge in [-0.05, 0) is 71.3 Å². The van der Waals surface area contributed by atoms with E-state index in [1.165, 1.54) is 49.8 Å². The molecule has 0 aliphatic rings. The van der Waals surface area contributed by atoms with Crippen LogP contribution in [0.4, 0.5) is 0 Å². The van der Waals surface area contributed by atoms with E-state index in [0.29, 0.717) is 5.46 Å². The van der Waals surface area contributed by atoms with Crippen molar-refractivity contribution >= 4 is 35.7 Å². The van der Waals surface area contributed by atoms with E-state index in [-0.39, 0.29) is 6.71 Å². The maximum absolute atomic E-state index is 9.27. The zero-order valence-electron chi connectivity index (χ0n) is 22.0. The minimum Gasteiger partial charge on any atom is -0.423 e. The molecule has 0 aromatic heterocycles. The summed E-state index contributed by atoms with van der Waals surface area (Å²) in [5, 5.41) is 18.5. The Morgan fingerprint density at radius 1 is 0.500 bits per heavy atom. The van der Waals surface area contributed by atoms with Crippen molar-refractivity contribution in [3.8, 4) is 11.8 Å². The van der Waals surface area contributed by atoms with E-state index < -0.39 is 7.12 Å². The van der Waals surface area contributed by atoms with Crippen molar-refractivity contribution < 1.29 is 10.0 Å². The molecular weight excluding hydrogens is 438 g/mol. The van der Waals surface area contributed by atoms with E-state index in [1.54, 1.807) is 24.3 Å². The molecule has 0 aliphatic heterocycles. The second kappa shape index (κ2) is 10.6. The summed E-state index contributed by atoms with van der Waals surface area (Å²) < 4.78 is 0. The molecule has 0 heterocycles. The third-order valence-electron chi connectivity index (χ3n) is 6.86. The Kier molecular flexibility index (Phi) is 7.55. The summed E-state index contributed by atoms with van der Waals surface area (Å²) in [4.78, 5) is 0. The van der Waals surface area contributed by atoms with E-state index in [2.05, 4.69) is 102 Å². The molecule has 0 saturated heterocycles. The molecule has 0 amide bonds. The Bertz CT molecular complexity index is 1350. The van der Waals surface area contributed by atoms with E-state index in [4.69, 9.17) is 0 Å². The molecule has 0 unspecified atom stereocenters. The van der Waals surface area contributed by atoms with Gasteiger partial charge in [0.05, 0.1) is 0 Å². The lowest BCUT2D eigenvalue weighted by atomic mass is 9.34. The van der Waals surface area contributed by atoms with Gasteiger partial charge in [0.15, 0.2) is 0 Å². The number of aryl methyl sites for hydroxylation is 6. The Balaban J connectivity index is 1.77. The maximum atomic E-state index is 9.27. The van der Waals surface area contributed by atoms with Gasteiger partial charge >= 0.3 is 7.12 Å². The first-order chi connectivity index (χ1) is 17.1. The summed E-state index contributed by atoms with van der Waals surface area (Å²) in [5.74, 6) is 6.42. The average Bonchev–Trinajstić information content (AvgIpc) is 2.81. The van der Waals surface area contributed by atoms with E-state index in [1.807, 2.05) is 0 Å². The Morgan fingerprint density at radius 2 is 0.833 bits per heavy atom. The van der Waals surface area contributed by atoms with Gasteiger partial charge in [-0.25, -0.2) is 0 Å². The Labute approximate surface area is 216 Å². The van der Waals surface area contributed by atoms with Crippen molar-refractivity contribution in [2.24, 2.45) is 0 Å². The largest absolute Gasteiger partial charge is 0.488 e. The van der Waals surface area contributed by atoms with Crippen molar-refractivity contribution in [2.45, 2.75) is 41.5 Å². The van der Waals surface area contributed by atoms with Crippen LogP contribution < -0.4 is 21.9 Å². The highest BCUT2D eigenvalue weighted by molar-refractivity contribution is 6.96. The van der Waals surface area contributed by atoms with Gasteiger partial charge in [0.25, 0.3) is 0 Å². The second-order valence-corrected chi connectivity index (χ2v) is 9.93. The number of hydrogen-bond acceptors (Lipinski definition) is 2. The molecule has 0 aliphatic carbocycles. The molecule has 178 valence electrons. The van der Waals surface area contributed by atoms with Crippen molar-refractivity contribution in [2.75, 3.05) is 0 Å². The quantitative estimate of drug-likeness (QED) is 0.356. The van der Waals surface area contributed by atoms with Crippen LogP contribution in [0.2, 0.25) is 0 Å². The fraction of sp³-hybridized carbons (Fsp3) is 0.188. The minimum atomic E-state index is -1.46. The highest BCUT2D eigenvalue weighted by Gasteiger charge is 2.28. The van der Waals surface area contributed by atoms with Crippen LogP contribution in [0.1, 0.15) is 44.5 Å². The standard InChI is InChI=1S/C32H32B2O2/c1-21-17-23(3)31(24(4)18-21)33(32-25(5)19-22(2)20-26(32)6)29-13-9-27(10-14-29)7-8-28-11-15-30(16-12-28)34(35)36/h9-20,35-36H,1-6H3. The Morgan fingerprint density at radius 3 is 1.17 bits per heavy atom. The summed E-state index contributed by atoms with van der Waals surface area (Å²) in [6.45, 7) is 13.4. The lowest BCUT2D eigenvalue weighted by Crippen LogP contribution is -2.55. The van der Waals surface area contributed by atoms with E-state index >= 15 is 0 Å². The first kappa shape index (κ1) is 25.6. The van der Waals surface area contributed by atoms with Crippen molar-refractivity contribution in [1.82, 2.24) is 0 Å². The van der Waals surface area contributed by atoms with E-state index in [0.717, 1.165) is 11.1 Å². The fourth-order valence-corrected chi connectivity index (χ4v) is 5.41. The van der Waals surface area contributed by atoms with Crippen LogP contribution in [0, 0.1) is 53.4 Å². The molecule has 4 aromatic carbocycles. The predicted molar refractivity (Wildman–Crippen MR) is 155 cm³/mol. The van der Waals surface area contributed by atoms with Gasteiger partial charge in [-0.2, -0.15) is 0 Å². The molecule has 0 bridgehead atoms. The van der Waals surface area contributed by atoms with Crippen LogP contribution in [0.3, 0.4) is 0 Å². The molecule has 2 nitrogen and oxygen atoms in total. The van der Waals surface area contributed by atoms with Crippen molar-refractivity contribution in [3.05, 3.63) is 117 Å². The number of benzene rings is 4. The monoisotopic (exact) mass is 470 g/mol.